The molecule has 40 heavy (non-hydrogen) atoms. The fourth-order valence-electron chi connectivity index (χ4n) is 4.39. The van der Waals surface area contributed by atoms with Gasteiger partial charge in [0.2, 0.25) is 21.8 Å². The molecule has 0 saturated heterocycles. The standard InChI is InChI=1S/C31H38ClN3O4S/c1-5-18-33-31(37)29(20-24-10-7-6-8-11-24)34(21-25-12-9-13-27(32)19-25)30(36)22-35(40(4,38)39)28-16-14-26(15-17-28)23(2)3/h6-17,19,23,29H,5,18,20-22H2,1-4H3,(H,33,37)/t29-/m1/s1. The molecule has 9 heteroatoms. The van der Waals surface area contributed by atoms with E-state index in [-0.39, 0.29) is 24.8 Å². The molecule has 0 aromatic heterocycles. The number of nitrogens with zero attached hydrogens (tertiary/aromatic N) is 2. The Morgan fingerprint density at radius 3 is 2.15 bits per heavy atom. The highest BCUT2D eigenvalue weighted by Gasteiger charge is 2.33. The normalized spacial score (nSPS) is 12.2. The number of carbonyl (C=O) groups excluding carboxylic acids is 2. The van der Waals surface area contributed by atoms with Crippen LogP contribution in [0.3, 0.4) is 0 Å². The molecule has 7 nitrogen and oxygen atoms in total. The number of sulfonamides is 1. The van der Waals surface area contributed by atoms with Gasteiger partial charge in [-0.1, -0.05) is 87.0 Å². The van der Waals surface area contributed by atoms with Crippen LogP contribution in [0.25, 0.3) is 0 Å². The van der Waals surface area contributed by atoms with Crippen molar-refractivity contribution in [3.8, 4) is 0 Å². The van der Waals surface area contributed by atoms with Gasteiger partial charge in [-0.05, 0) is 53.3 Å². The number of hydrogen-bond acceptors (Lipinski definition) is 4. The number of carbonyl (C=O) groups is 2. The van der Waals surface area contributed by atoms with Crippen molar-refractivity contribution in [3.63, 3.8) is 0 Å². The fourth-order valence-corrected chi connectivity index (χ4v) is 5.45. The smallest absolute Gasteiger partial charge is 0.244 e. The third kappa shape index (κ3) is 8.83. The van der Waals surface area contributed by atoms with Crippen molar-refractivity contribution in [2.75, 3.05) is 23.7 Å². The summed E-state index contributed by atoms with van der Waals surface area (Å²) in [7, 11) is -3.81. The quantitative estimate of drug-likeness (QED) is 0.292. The van der Waals surface area contributed by atoms with Gasteiger partial charge < -0.3 is 10.2 Å². The van der Waals surface area contributed by atoms with Crippen molar-refractivity contribution in [2.24, 2.45) is 0 Å². The van der Waals surface area contributed by atoms with Crippen molar-refractivity contribution in [3.05, 3.63) is 101 Å². The molecule has 0 saturated carbocycles. The highest BCUT2D eigenvalue weighted by atomic mass is 35.5. The number of nitrogens with one attached hydrogen (secondary N) is 1. The van der Waals surface area contributed by atoms with Gasteiger partial charge in [-0.15, -0.1) is 0 Å². The predicted molar refractivity (Wildman–Crippen MR) is 162 cm³/mol. The maximum absolute atomic E-state index is 14.1. The van der Waals surface area contributed by atoms with Crippen molar-refractivity contribution in [1.82, 2.24) is 10.2 Å². The van der Waals surface area contributed by atoms with E-state index in [0.717, 1.165) is 33.7 Å². The van der Waals surface area contributed by atoms with Gasteiger partial charge in [0.05, 0.1) is 11.9 Å². The van der Waals surface area contributed by atoms with Gasteiger partial charge >= 0.3 is 0 Å². The molecule has 0 bridgehead atoms. The minimum atomic E-state index is -3.81. The second-order valence-electron chi connectivity index (χ2n) is 10.2. The summed E-state index contributed by atoms with van der Waals surface area (Å²) in [6.45, 7) is 6.15. The van der Waals surface area contributed by atoms with E-state index >= 15 is 0 Å². The molecule has 3 rings (SSSR count). The predicted octanol–water partition coefficient (Wildman–Crippen LogP) is 5.40. The maximum Gasteiger partial charge on any atom is 0.244 e. The molecule has 214 valence electrons. The van der Waals surface area contributed by atoms with Crippen LogP contribution in [0.4, 0.5) is 5.69 Å². The molecule has 0 fully saturated rings. The lowest BCUT2D eigenvalue weighted by atomic mass is 10.0. The van der Waals surface area contributed by atoms with E-state index in [4.69, 9.17) is 11.6 Å². The Balaban J connectivity index is 2.03. The maximum atomic E-state index is 14.1. The van der Waals surface area contributed by atoms with Crippen molar-refractivity contribution in [2.45, 2.75) is 52.1 Å². The first kappa shape index (κ1) is 31.2. The molecule has 0 aliphatic rings. The summed E-state index contributed by atoms with van der Waals surface area (Å²) in [5.41, 5.74) is 3.06. The van der Waals surface area contributed by atoms with Crippen LogP contribution >= 0.6 is 11.6 Å². The molecule has 2 amide bonds. The summed E-state index contributed by atoms with van der Waals surface area (Å²) >= 11 is 6.24. The van der Waals surface area contributed by atoms with Crippen LogP contribution in [0, 0.1) is 0 Å². The van der Waals surface area contributed by atoms with Crippen LogP contribution in [0.1, 0.15) is 49.8 Å². The molecular weight excluding hydrogens is 546 g/mol. The van der Waals surface area contributed by atoms with Gasteiger partial charge in [0, 0.05) is 24.5 Å². The van der Waals surface area contributed by atoms with Crippen LogP contribution in [0.5, 0.6) is 0 Å². The van der Waals surface area contributed by atoms with E-state index in [1.807, 2.05) is 55.5 Å². The molecule has 0 radical (unpaired) electrons. The molecule has 0 unspecified atom stereocenters. The summed E-state index contributed by atoms with van der Waals surface area (Å²) in [5, 5.41) is 3.43. The Morgan fingerprint density at radius 2 is 1.57 bits per heavy atom. The summed E-state index contributed by atoms with van der Waals surface area (Å²) in [5.74, 6) is -0.518. The average molecular weight is 584 g/mol. The topological polar surface area (TPSA) is 86.8 Å². The lowest BCUT2D eigenvalue weighted by Gasteiger charge is -2.33. The highest BCUT2D eigenvalue weighted by molar-refractivity contribution is 7.92. The summed E-state index contributed by atoms with van der Waals surface area (Å²) in [6.07, 6.45) is 2.08. The summed E-state index contributed by atoms with van der Waals surface area (Å²) in [4.78, 5) is 29.0. The Labute approximate surface area is 243 Å². The molecule has 0 aliphatic heterocycles. The minimum absolute atomic E-state index is 0.0837. The van der Waals surface area contributed by atoms with E-state index in [1.54, 1.807) is 30.3 Å². The highest BCUT2D eigenvalue weighted by Crippen LogP contribution is 2.24. The Kier molecular flexibility index (Phi) is 11.2. The van der Waals surface area contributed by atoms with Gasteiger partial charge in [0.15, 0.2) is 0 Å². The molecule has 3 aromatic rings. The number of rotatable bonds is 13. The molecule has 0 spiro atoms. The fraction of sp³-hybridized carbons (Fsp3) is 0.355. The Bertz CT molecular complexity index is 1380. The molecule has 0 aliphatic carbocycles. The molecule has 1 N–H and O–H groups in total. The third-order valence-electron chi connectivity index (χ3n) is 6.59. The molecule has 3 aromatic carbocycles. The van der Waals surface area contributed by atoms with Gasteiger partial charge in [-0.25, -0.2) is 8.42 Å². The van der Waals surface area contributed by atoms with E-state index in [1.165, 1.54) is 4.90 Å². The number of anilines is 1. The van der Waals surface area contributed by atoms with Gasteiger partial charge in [0.1, 0.15) is 12.6 Å². The number of halogens is 1. The zero-order valence-electron chi connectivity index (χ0n) is 23.5. The van der Waals surface area contributed by atoms with Crippen LogP contribution in [0.15, 0.2) is 78.9 Å². The first-order valence-electron chi connectivity index (χ1n) is 13.4. The molecule has 0 heterocycles. The van der Waals surface area contributed by atoms with Crippen LogP contribution < -0.4 is 9.62 Å². The lowest BCUT2D eigenvalue weighted by Crippen LogP contribution is -2.53. The second kappa shape index (κ2) is 14.3. The van der Waals surface area contributed by atoms with E-state index in [0.29, 0.717) is 17.3 Å². The summed E-state index contributed by atoms with van der Waals surface area (Å²) in [6, 6.07) is 22.8. The Morgan fingerprint density at radius 1 is 0.925 bits per heavy atom. The first-order valence-corrected chi connectivity index (χ1v) is 15.7. The van der Waals surface area contributed by atoms with E-state index < -0.39 is 28.5 Å². The van der Waals surface area contributed by atoms with E-state index in [2.05, 4.69) is 19.2 Å². The zero-order chi connectivity index (χ0) is 29.3. The number of hydrogen-bond donors (Lipinski definition) is 1. The minimum Gasteiger partial charge on any atom is -0.354 e. The van der Waals surface area contributed by atoms with Crippen LogP contribution in [0.2, 0.25) is 5.02 Å². The van der Waals surface area contributed by atoms with E-state index in [9.17, 15) is 18.0 Å². The van der Waals surface area contributed by atoms with Crippen LogP contribution in [-0.2, 0) is 32.6 Å². The van der Waals surface area contributed by atoms with Gasteiger partial charge in [-0.2, -0.15) is 0 Å². The Hall–Kier alpha value is -3.36. The van der Waals surface area contributed by atoms with Crippen molar-refractivity contribution in [1.29, 1.82) is 0 Å². The second-order valence-corrected chi connectivity index (χ2v) is 12.5. The van der Waals surface area contributed by atoms with Crippen molar-refractivity contribution >= 4 is 39.1 Å². The SMILES string of the molecule is CCCNC(=O)[C@@H](Cc1ccccc1)N(Cc1cccc(Cl)c1)C(=O)CN(c1ccc(C(C)C)cc1)S(C)(=O)=O. The van der Waals surface area contributed by atoms with Gasteiger partial charge in [-0.3, -0.25) is 13.9 Å². The molecule has 1 atom stereocenters. The number of amides is 2. The van der Waals surface area contributed by atoms with Crippen LogP contribution in [-0.4, -0.2) is 50.5 Å². The summed E-state index contributed by atoms with van der Waals surface area (Å²) < 4.78 is 26.9. The monoisotopic (exact) mass is 583 g/mol. The first-order chi connectivity index (χ1) is 19.0. The zero-order valence-corrected chi connectivity index (χ0v) is 25.1. The largest absolute Gasteiger partial charge is 0.354 e. The average Bonchev–Trinajstić information content (AvgIpc) is 2.92. The molecular formula is C31H38ClN3O4S. The van der Waals surface area contributed by atoms with Gasteiger partial charge in [0.25, 0.3) is 0 Å². The third-order valence-corrected chi connectivity index (χ3v) is 7.96. The van der Waals surface area contributed by atoms with Crippen molar-refractivity contribution < 1.29 is 18.0 Å². The lowest BCUT2D eigenvalue weighted by molar-refractivity contribution is -0.140. The number of benzene rings is 3.